The van der Waals surface area contributed by atoms with Crippen LogP contribution < -0.4 is 15.5 Å². The summed E-state index contributed by atoms with van der Waals surface area (Å²) in [4.78, 5) is 11.3. The van der Waals surface area contributed by atoms with Gasteiger partial charge in [0.2, 0.25) is 0 Å². The standard InChI is InChI=1S/C11H16N5/c1-2-13-7-10-9(1)14-8-11(15-10)16-5-3-12-4-6-16/h12-13H,1-7H2. The Morgan fingerprint density at radius 2 is 1.94 bits per heavy atom. The lowest BCUT2D eigenvalue weighted by molar-refractivity contribution is 0.574. The molecule has 2 N–H and O–H groups in total. The molecule has 0 atom stereocenters. The molecule has 0 aliphatic carbocycles. The second kappa shape index (κ2) is 4.35. The maximum atomic E-state index is 4.65. The average molecular weight is 218 g/mol. The Morgan fingerprint density at radius 1 is 1.06 bits per heavy atom. The molecule has 0 amide bonds. The zero-order chi connectivity index (χ0) is 10.8. The monoisotopic (exact) mass is 218 g/mol. The second-order valence-electron chi connectivity index (χ2n) is 4.22. The average Bonchev–Trinajstić information content (AvgIpc) is 2.39. The van der Waals surface area contributed by atoms with Crippen LogP contribution in [0.2, 0.25) is 0 Å². The zero-order valence-corrected chi connectivity index (χ0v) is 9.29. The van der Waals surface area contributed by atoms with Crippen molar-refractivity contribution in [3.8, 4) is 0 Å². The van der Waals surface area contributed by atoms with Crippen molar-refractivity contribution < 1.29 is 0 Å². The van der Waals surface area contributed by atoms with Crippen LogP contribution in [0.25, 0.3) is 0 Å². The SMILES string of the molecule is [c]1nc2c(nc1N1CCNCC1)CNCC2. The van der Waals surface area contributed by atoms with Gasteiger partial charge in [-0.3, -0.25) is 0 Å². The molecule has 1 aromatic rings. The summed E-state index contributed by atoms with van der Waals surface area (Å²) >= 11 is 0. The first-order chi connectivity index (χ1) is 7.93. The van der Waals surface area contributed by atoms with Gasteiger partial charge >= 0.3 is 0 Å². The van der Waals surface area contributed by atoms with E-state index in [0.29, 0.717) is 0 Å². The van der Waals surface area contributed by atoms with E-state index in [1.807, 2.05) is 0 Å². The Morgan fingerprint density at radius 3 is 2.81 bits per heavy atom. The van der Waals surface area contributed by atoms with E-state index in [2.05, 4.69) is 31.7 Å². The predicted molar refractivity (Wildman–Crippen MR) is 61.4 cm³/mol. The van der Waals surface area contributed by atoms with E-state index in [1.54, 1.807) is 0 Å². The fourth-order valence-electron chi connectivity index (χ4n) is 2.17. The topological polar surface area (TPSA) is 53.1 Å². The molecule has 3 heterocycles. The van der Waals surface area contributed by atoms with Gasteiger partial charge in [-0.25, -0.2) is 9.97 Å². The largest absolute Gasteiger partial charge is 0.352 e. The minimum Gasteiger partial charge on any atom is -0.352 e. The highest BCUT2D eigenvalue weighted by Gasteiger charge is 2.16. The third-order valence-corrected chi connectivity index (χ3v) is 3.11. The van der Waals surface area contributed by atoms with E-state index in [0.717, 1.165) is 62.9 Å². The minimum atomic E-state index is 0.843. The molecular weight excluding hydrogens is 202 g/mol. The molecule has 0 aromatic carbocycles. The Bertz CT molecular complexity index is 373. The van der Waals surface area contributed by atoms with Crippen LogP contribution in [0.1, 0.15) is 11.4 Å². The van der Waals surface area contributed by atoms with Crippen LogP contribution in [0.5, 0.6) is 0 Å². The Hall–Kier alpha value is -1.20. The van der Waals surface area contributed by atoms with E-state index in [-0.39, 0.29) is 0 Å². The fourth-order valence-corrected chi connectivity index (χ4v) is 2.17. The molecule has 1 saturated heterocycles. The molecule has 0 unspecified atom stereocenters. The van der Waals surface area contributed by atoms with E-state index in [1.165, 1.54) is 0 Å². The summed E-state index contributed by atoms with van der Waals surface area (Å²) < 4.78 is 0. The van der Waals surface area contributed by atoms with Gasteiger partial charge in [0.1, 0.15) is 6.20 Å². The lowest BCUT2D eigenvalue weighted by Crippen LogP contribution is -2.44. The van der Waals surface area contributed by atoms with E-state index in [4.69, 9.17) is 0 Å². The summed E-state index contributed by atoms with van der Waals surface area (Å²) in [6.45, 7) is 5.88. The van der Waals surface area contributed by atoms with Crippen molar-refractivity contribution >= 4 is 5.82 Å². The molecule has 1 aromatic heterocycles. The molecule has 1 fully saturated rings. The van der Waals surface area contributed by atoms with Crippen LogP contribution in [0.3, 0.4) is 0 Å². The van der Waals surface area contributed by atoms with E-state index in [9.17, 15) is 0 Å². The van der Waals surface area contributed by atoms with Crippen LogP contribution >= 0.6 is 0 Å². The first-order valence-corrected chi connectivity index (χ1v) is 5.87. The number of fused-ring (bicyclic) bond motifs is 1. The van der Waals surface area contributed by atoms with Crippen molar-refractivity contribution in [3.05, 3.63) is 17.6 Å². The molecule has 0 bridgehead atoms. The van der Waals surface area contributed by atoms with Gasteiger partial charge < -0.3 is 15.5 Å². The van der Waals surface area contributed by atoms with Gasteiger partial charge in [0.05, 0.1) is 11.4 Å². The first kappa shape index (κ1) is 9.99. The normalized spacial score (nSPS) is 20.6. The second-order valence-corrected chi connectivity index (χ2v) is 4.22. The molecule has 1 radical (unpaired) electrons. The van der Waals surface area contributed by atoms with Crippen molar-refractivity contribution in [1.29, 1.82) is 0 Å². The highest BCUT2D eigenvalue weighted by molar-refractivity contribution is 5.37. The van der Waals surface area contributed by atoms with Gasteiger partial charge in [-0.15, -0.1) is 0 Å². The van der Waals surface area contributed by atoms with Gasteiger partial charge in [0.15, 0.2) is 5.82 Å². The molecule has 3 rings (SSSR count). The molecule has 2 aliphatic rings. The molecule has 5 nitrogen and oxygen atoms in total. The third kappa shape index (κ3) is 1.88. The maximum Gasteiger partial charge on any atom is 0.157 e. The molecule has 85 valence electrons. The van der Waals surface area contributed by atoms with Crippen molar-refractivity contribution in [3.63, 3.8) is 0 Å². The summed E-state index contributed by atoms with van der Waals surface area (Å²) in [6, 6.07) is 0. The van der Waals surface area contributed by atoms with Crippen molar-refractivity contribution in [1.82, 2.24) is 20.6 Å². The number of nitrogens with one attached hydrogen (secondary N) is 2. The summed E-state index contributed by atoms with van der Waals surface area (Å²) in [7, 11) is 0. The van der Waals surface area contributed by atoms with Crippen LogP contribution in [0.15, 0.2) is 0 Å². The van der Waals surface area contributed by atoms with Gasteiger partial charge in [0, 0.05) is 45.7 Å². The summed E-state index contributed by atoms with van der Waals surface area (Å²) in [5.74, 6) is 0.906. The number of piperazine rings is 1. The van der Waals surface area contributed by atoms with Gasteiger partial charge in [0.25, 0.3) is 0 Å². The van der Waals surface area contributed by atoms with Crippen molar-refractivity contribution in [2.45, 2.75) is 13.0 Å². The first-order valence-electron chi connectivity index (χ1n) is 5.87. The lowest BCUT2D eigenvalue weighted by Gasteiger charge is -2.28. The zero-order valence-electron chi connectivity index (χ0n) is 9.29. The molecule has 2 aliphatic heterocycles. The van der Waals surface area contributed by atoms with E-state index >= 15 is 0 Å². The molecule has 0 spiro atoms. The van der Waals surface area contributed by atoms with Gasteiger partial charge in [-0.1, -0.05) is 0 Å². The van der Waals surface area contributed by atoms with Gasteiger partial charge in [-0.05, 0) is 0 Å². The predicted octanol–water partition coefficient (Wildman–Crippen LogP) is -0.668. The van der Waals surface area contributed by atoms with Gasteiger partial charge in [-0.2, -0.15) is 0 Å². The quantitative estimate of drug-likeness (QED) is 0.655. The Balaban J connectivity index is 1.84. The molecule has 5 heteroatoms. The Kier molecular flexibility index (Phi) is 2.71. The smallest absolute Gasteiger partial charge is 0.157 e. The fraction of sp³-hybridized carbons (Fsp3) is 0.636. The van der Waals surface area contributed by atoms with Crippen LogP contribution in [0.4, 0.5) is 5.82 Å². The van der Waals surface area contributed by atoms with Crippen LogP contribution in [0, 0.1) is 6.20 Å². The Labute approximate surface area is 95.3 Å². The van der Waals surface area contributed by atoms with Crippen LogP contribution in [-0.4, -0.2) is 42.7 Å². The summed E-state index contributed by atoms with van der Waals surface area (Å²) in [5.41, 5.74) is 2.20. The van der Waals surface area contributed by atoms with Crippen LogP contribution in [-0.2, 0) is 13.0 Å². The number of hydrogen-bond donors (Lipinski definition) is 2. The highest BCUT2D eigenvalue weighted by atomic mass is 15.2. The van der Waals surface area contributed by atoms with Crippen molar-refractivity contribution in [2.24, 2.45) is 0 Å². The minimum absolute atomic E-state index is 0.843. The highest BCUT2D eigenvalue weighted by Crippen LogP contribution is 2.14. The lowest BCUT2D eigenvalue weighted by atomic mass is 10.2. The maximum absolute atomic E-state index is 4.65. The number of aromatic nitrogens is 2. The number of rotatable bonds is 1. The number of nitrogens with zero attached hydrogens (tertiary/aromatic N) is 3. The summed E-state index contributed by atoms with van der Waals surface area (Å²) in [5, 5.41) is 6.65. The summed E-state index contributed by atoms with van der Waals surface area (Å²) in [6.07, 6.45) is 4.05. The molecule has 16 heavy (non-hydrogen) atoms. The number of hydrogen-bond acceptors (Lipinski definition) is 5. The van der Waals surface area contributed by atoms with E-state index < -0.39 is 0 Å². The molecular formula is C11H16N5. The molecule has 0 saturated carbocycles. The number of anilines is 1. The third-order valence-electron chi connectivity index (χ3n) is 3.11. The van der Waals surface area contributed by atoms with Crippen molar-refractivity contribution in [2.75, 3.05) is 37.6 Å².